The molecule has 0 radical (unpaired) electrons. The third-order valence-electron chi connectivity index (χ3n) is 2.14. The monoisotopic (exact) mass is 221 g/mol. The van der Waals surface area contributed by atoms with Crippen molar-refractivity contribution < 1.29 is 0 Å². The Balaban J connectivity index is 1.85. The molecular weight excluding hydrogens is 206 g/mol. The number of amidine groups is 1. The van der Waals surface area contributed by atoms with E-state index in [2.05, 4.69) is 35.2 Å². The molecule has 4 heteroatoms. The van der Waals surface area contributed by atoms with Crippen LogP contribution in [0.1, 0.15) is 19.4 Å². The minimum Gasteiger partial charge on any atom is -0.361 e. The molecule has 3 nitrogen and oxygen atoms in total. The van der Waals surface area contributed by atoms with Crippen LogP contribution in [0.15, 0.2) is 29.5 Å². The van der Waals surface area contributed by atoms with Crippen LogP contribution >= 0.6 is 11.8 Å². The summed E-state index contributed by atoms with van der Waals surface area (Å²) >= 11 is 1.81. The number of hydrogen-bond donors (Lipinski definition) is 1. The van der Waals surface area contributed by atoms with E-state index in [1.54, 1.807) is 18.0 Å². The van der Waals surface area contributed by atoms with Crippen molar-refractivity contribution in [3.63, 3.8) is 0 Å². The van der Waals surface area contributed by atoms with Crippen LogP contribution in [0, 0.1) is 0 Å². The summed E-state index contributed by atoms with van der Waals surface area (Å²) in [6.45, 7) is 6.11. The Bertz CT molecular complexity index is 359. The van der Waals surface area contributed by atoms with Crippen LogP contribution in [0.3, 0.4) is 0 Å². The van der Waals surface area contributed by atoms with Gasteiger partial charge in [0, 0.05) is 23.7 Å². The fourth-order valence-electron chi connectivity index (χ4n) is 1.36. The smallest absolute Gasteiger partial charge is 0.157 e. The summed E-state index contributed by atoms with van der Waals surface area (Å²) in [5, 5.41) is 4.37. The van der Waals surface area contributed by atoms with Gasteiger partial charge in [-0.05, 0) is 25.5 Å². The molecule has 15 heavy (non-hydrogen) atoms. The maximum Gasteiger partial charge on any atom is 0.157 e. The zero-order valence-corrected chi connectivity index (χ0v) is 9.84. The van der Waals surface area contributed by atoms with Gasteiger partial charge in [0.15, 0.2) is 5.17 Å². The zero-order chi connectivity index (χ0) is 10.7. The largest absolute Gasteiger partial charge is 0.361 e. The van der Waals surface area contributed by atoms with Gasteiger partial charge in [-0.25, -0.2) is 0 Å². The van der Waals surface area contributed by atoms with Crippen molar-refractivity contribution in [2.45, 2.75) is 25.1 Å². The van der Waals surface area contributed by atoms with Crippen LogP contribution in [0.4, 0.5) is 0 Å². The van der Waals surface area contributed by atoms with E-state index in [9.17, 15) is 0 Å². The van der Waals surface area contributed by atoms with Gasteiger partial charge in [-0.15, -0.1) is 0 Å². The third kappa shape index (κ3) is 2.96. The van der Waals surface area contributed by atoms with Gasteiger partial charge in [0.2, 0.25) is 0 Å². The fraction of sp³-hybridized carbons (Fsp3) is 0.455. The highest BCUT2D eigenvalue weighted by Gasteiger charge is 2.26. The molecule has 2 rings (SSSR count). The molecule has 0 fully saturated rings. The molecule has 1 aliphatic heterocycles. The molecule has 0 aromatic carbocycles. The summed E-state index contributed by atoms with van der Waals surface area (Å²) in [7, 11) is 0. The minimum absolute atomic E-state index is 0.247. The summed E-state index contributed by atoms with van der Waals surface area (Å²) in [6.07, 6.45) is 3.66. The third-order valence-corrected chi connectivity index (χ3v) is 3.29. The molecule has 0 spiro atoms. The Kier molecular flexibility index (Phi) is 2.95. The lowest BCUT2D eigenvalue weighted by atomic mass is 10.2. The fourth-order valence-corrected chi connectivity index (χ4v) is 2.29. The second-order valence-electron chi connectivity index (χ2n) is 4.20. The summed E-state index contributed by atoms with van der Waals surface area (Å²) in [6, 6.07) is 4.01. The first-order valence-corrected chi connectivity index (χ1v) is 5.84. The number of aromatic nitrogens is 1. The minimum atomic E-state index is 0.247. The maximum absolute atomic E-state index is 4.45. The van der Waals surface area contributed by atoms with E-state index in [-0.39, 0.29) is 4.75 Å². The Morgan fingerprint density at radius 3 is 3.00 bits per heavy atom. The molecule has 1 aromatic heterocycles. The van der Waals surface area contributed by atoms with Crippen molar-refractivity contribution in [3.05, 3.63) is 30.1 Å². The van der Waals surface area contributed by atoms with E-state index in [1.165, 1.54) is 5.56 Å². The number of nitrogens with zero attached hydrogens (tertiary/aromatic N) is 2. The van der Waals surface area contributed by atoms with Gasteiger partial charge < -0.3 is 5.32 Å². The van der Waals surface area contributed by atoms with Gasteiger partial charge in [-0.1, -0.05) is 17.8 Å². The summed E-state index contributed by atoms with van der Waals surface area (Å²) in [5.41, 5.74) is 1.19. The summed E-state index contributed by atoms with van der Waals surface area (Å²) in [5.74, 6) is 0. The van der Waals surface area contributed by atoms with E-state index >= 15 is 0 Å². The van der Waals surface area contributed by atoms with E-state index < -0.39 is 0 Å². The predicted octanol–water partition coefficient (Wildman–Crippen LogP) is 2.05. The number of thioether (sulfide) groups is 1. The second-order valence-corrected chi connectivity index (χ2v) is 5.89. The zero-order valence-electron chi connectivity index (χ0n) is 9.03. The quantitative estimate of drug-likeness (QED) is 0.830. The maximum atomic E-state index is 4.45. The molecule has 0 amide bonds. The number of aliphatic imine (C=N–C) groups is 1. The van der Waals surface area contributed by atoms with Gasteiger partial charge in [0.05, 0.1) is 6.54 Å². The van der Waals surface area contributed by atoms with Crippen LogP contribution < -0.4 is 5.32 Å². The van der Waals surface area contributed by atoms with Crippen LogP contribution in [0.5, 0.6) is 0 Å². The van der Waals surface area contributed by atoms with E-state index in [1.807, 2.05) is 12.3 Å². The molecular formula is C11H15N3S. The first-order valence-electron chi connectivity index (χ1n) is 5.02. The van der Waals surface area contributed by atoms with Crippen LogP contribution in [0.2, 0.25) is 0 Å². The lowest BCUT2D eigenvalue weighted by Crippen LogP contribution is -2.21. The summed E-state index contributed by atoms with van der Waals surface area (Å²) < 4.78 is 0.247. The highest BCUT2D eigenvalue weighted by Crippen LogP contribution is 2.30. The molecule has 0 atom stereocenters. The topological polar surface area (TPSA) is 37.3 Å². The Labute approximate surface area is 94.4 Å². The number of nitrogens with one attached hydrogen (secondary N) is 1. The van der Waals surface area contributed by atoms with Crippen molar-refractivity contribution in [2.24, 2.45) is 4.99 Å². The molecule has 1 aliphatic rings. The van der Waals surface area contributed by atoms with Crippen molar-refractivity contribution in [2.75, 3.05) is 6.54 Å². The lowest BCUT2D eigenvalue weighted by molar-refractivity contribution is 0.740. The molecule has 80 valence electrons. The Hall–Kier alpha value is -1.03. The number of hydrogen-bond acceptors (Lipinski definition) is 4. The molecule has 1 aromatic rings. The number of pyridine rings is 1. The lowest BCUT2D eigenvalue weighted by Gasteiger charge is -2.14. The van der Waals surface area contributed by atoms with Crippen molar-refractivity contribution >= 4 is 16.9 Å². The SMILES string of the molecule is CC1(C)CN=C(NCc2cccnc2)S1. The highest BCUT2D eigenvalue weighted by atomic mass is 32.2. The average molecular weight is 221 g/mol. The van der Waals surface area contributed by atoms with Crippen LogP contribution in [-0.2, 0) is 6.54 Å². The van der Waals surface area contributed by atoms with Gasteiger partial charge in [0.1, 0.15) is 0 Å². The van der Waals surface area contributed by atoms with Crippen molar-refractivity contribution in [3.8, 4) is 0 Å². The van der Waals surface area contributed by atoms with Gasteiger partial charge in [-0.3, -0.25) is 9.98 Å². The average Bonchev–Trinajstić information content (AvgIpc) is 2.57. The van der Waals surface area contributed by atoms with E-state index in [4.69, 9.17) is 0 Å². The highest BCUT2D eigenvalue weighted by molar-refractivity contribution is 8.15. The first-order chi connectivity index (χ1) is 7.16. The standard InChI is InChI=1S/C11H15N3S/c1-11(2)8-14-10(15-11)13-7-9-4-3-5-12-6-9/h3-6H,7-8H2,1-2H3,(H,13,14). The Morgan fingerprint density at radius 1 is 1.53 bits per heavy atom. The second kappa shape index (κ2) is 4.23. The molecule has 0 saturated carbocycles. The molecule has 0 unspecified atom stereocenters. The van der Waals surface area contributed by atoms with Gasteiger partial charge >= 0.3 is 0 Å². The van der Waals surface area contributed by atoms with Crippen molar-refractivity contribution in [1.82, 2.24) is 10.3 Å². The molecule has 0 saturated heterocycles. The van der Waals surface area contributed by atoms with E-state index in [0.717, 1.165) is 18.3 Å². The predicted molar refractivity (Wildman–Crippen MR) is 65.0 cm³/mol. The molecule has 0 bridgehead atoms. The van der Waals surface area contributed by atoms with Crippen LogP contribution in [-0.4, -0.2) is 21.4 Å². The summed E-state index contributed by atoms with van der Waals surface area (Å²) in [4.78, 5) is 8.52. The number of rotatable bonds is 2. The van der Waals surface area contributed by atoms with Gasteiger partial charge in [0.25, 0.3) is 0 Å². The van der Waals surface area contributed by atoms with E-state index in [0.29, 0.717) is 0 Å². The normalized spacial score (nSPS) is 18.7. The Morgan fingerprint density at radius 2 is 2.40 bits per heavy atom. The molecule has 1 N–H and O–H groups in total. The van der Waals surface area contributed by atoms with Crippen molar-refractivity contribution in [1.29, 1.82) is 0 Å². The molecule has 0 aliphatic carbocycles. The first kappa shape index (κ1) is 10.5. The van der Waals surface area contributed by atoms with Crippen LogP contribution in [0.25, 0.3) is 0 Å². The molecule has 2 heterocycles. The van der Waals surface area contributed by atoms with Gasteiger partial charge in [-0.2, -0.15) is 0 Å².